The second kappa shape index (κ2) is 8.82. The normalized spacial score (nSPS) is 12.1. The Morgan fingerprint density at radius 2 is 1.26 bits per heavy atom. The Morgan fingerprint density at radius 1 is 0.571 bits per heavy atom. The van der Waals surface area contributed by atoms with Gasteiger partial charge in [0.1, 0.15) is 0 Å². The van der Waals surface area contributed by atoms with Crippen LogP contribution < -0.4 is 0 Å². The van der Waals surface area contributed by atoms with Crippen LogP contribution in [0, 0.1) is 0 Å². The van der Waals surface area contributed by atoms with Gasteiger partial charge >= 0.3 is 0 Å². The van der Waals surface area contributed by atoms with Crippen molar-refractivity contribution >= 4 is 75.1 Å². The van der Waals surface area contributed by atoms with Crippen molar-refractivity contribution in [2.75, 3.05) is 0 Å². The lowest BCUT2D eigenvalue weighted by Gasteiger charge is -2.12. The second-order valence-electron chi connectivity index (χ2n) is 11.3. The highest BCUT2D eigenvalue weighted by atomic mass is 32.1. The molecule has 0 N–H and O–H groups in total. The van der Waals surface area contributed by atoms with Crippen LogP contribution in [0.25, 0.3) is 80.6 Å². The van der Waals surface area contributed by atoms with Gasteiger partial charge in [0, 0.05) is 65.5 Å². The smallest absolute Gasteiger partial charge is 0.0568 e. The van der Waals surface area contributed by atoms with Gasteiger partial charge in [0.25, 0.3) is 0 Å². The molecule has 3 heteroatoms. The molecule has 2 nitrogen and oxygen atoms in total. The van der Waals surface area contributed by atoms with Gasteiger partial charge in [-0.15, -0.1) is 11.3 Å². The molecule has 9 aromatic rings. The summed E-state index contributed by atoms with van der Waals surface area (Å²) in [6.45, 7) is 2.28. The van der Waals surface area contributed by atoms with Crippen molar-refractivity contribution < 1.29 is 0 Å². The number of rotatable bonds is 3. The molecule has 0 saturated carbocycles. The van der Waals surface area contributed by atoms with E-state index in [1.807, 2.05) is 11.3 Å². The molecule has 0 aliphatic carbocycles. The first-order chi connectivity index (χ1) is 20.7. The fourth-order valence-corrected chi connectivity index (χ4v) is 8.43. The van der Waals surface area contributed by atoms with E-state index in [-0.39, 0.29) is 0 Å². The summed E-state index contributed by atoms with van der Waals surface area (Å²) < 4.78 is 7.60. The number of nitrogens with zero attached hydrogens (tertiary/aromatic N) is 2. The summed E-state index contributed by atoms with van der Waals surface area (Å²) in [5.74, 6) is 0. The number of hydrogen-bond acceptors (Lipinski definition) is 1. The molecular formula is C39H28N2S. The fraction of sp³-hybridized carbons (Fsp3) is 0.0769. The van der Waals surface area contributed by atoms with Gasteiger partial charge < -0.3 is 9.13 Å². The van der Waals surface area contributed by atoms with Crippen molar-refractivity contribution in [1.29, 1.82) is 0 Å². The maximum Gasteiger partial charge on any atom is 0.0568 e. The molecule has 0 saturated heterocycles. The lowest BCUT2D eigenvalue weighted by atomic mass is 10.0. The van der Waals surface area contributed by atoms with Crippen molar-refractivity contribution in [3.05, 3.63) is 127 Å². The van der Waals surface area contributed by atoms with Gasteiger partial charge in [-0.1, -0.05) is 91.9 Å². The van der Waals surface area contributed by atoms with Crippen LogP contribution in [0.15, 0.2) is 121 Å². The van der Waals surface area contributed by atoms with Crippen molar-refractivity contribution in [1.82, 2.24) is 9.13 Å². The van der Waals surface area contributed by atoms with Crippen LogP contribution >= 0.6 is 11.3 Å². The van der Waals surface area contributed by atoms with Crippen LogP contribution in [0.4, 0.5) is 0 Å². The molecule has 0 fully saturated rings. The quantitative estimate of drug-likeness (QED) is 0.205. The highest BCUT2D eigenvalue weighted by Gasteiger charge is 2.18. The Hall–Kier alpha value is -4.86. The molecule has 0 radical (unpaired) electrons. The predicted octanol–water partition coefficient (Wildman–Crippen LogP) is 11.0. The average molecular weight is 557 g/mol. The minimum Gasteiger partial charge on any atom is -0.343 e. The highest BCUT2D eigenvalue weighted by Crippen LogP contribution is 2.42. The zero-order chi connectivity index (χ0) is 27.9. The van der Waals surface area contributed by atoms with Gasteiger partial charge in [0.2, 0.25) is 0 Å². The Kier molecular flexibility index (Phi) is 5.00. The predicted molar refractivity (Wildman–Crippen MR) is 182 cm³/mol. The summed E-state index contributed by atoms with van der Waals surface area (Å²) in [4.78, 5) is 0. The Bertz CT molecular complexity index is 2520. The summed E-state index contributed by atoms with van der Waals surface area (Å²) in [6, 6.07) is 45.0. The maximum absolute atomic E-state index is 2.49. The van der Waals surface area contributed by atoms with E-state index in [0.29, 0.717) is 0 Å². The van der Waals surface area contributed by atoms with Crippen molar-refractivity contribution in [2.45, 2.75) is 13.3 Å². The summed E-state index contributed by atoms with van der Waals surface area (Å²) in [7, 11) is 2.19. The van der Waals surface area contributed by atoms with Gasteiger partial charge in [-0.3, -0.25) is 0 Å². The van der Waals surface area contributed by atoms with Crippen LogP contribution in [-0.2, 0) is 13.5 Å². The van der Waals surface area contributed by atoms with E-state index >= 15 is 0 Å². The summed E-state index contributed by atoms with van der Waals surface area (Å²) in [5, 5.41) is 7.87. The zero-order valence-electron chi connectivity index (χ0n) is 23.6. The third-order valence-corrected chi connectivity index (χ3v) is 10.4. The summed E-state index contributed by atoms with van der Waals surface area (Å²) in [6.07, 6.45) is 1.00. The number of aromatic nitrogens is 2. The molecule has 9 rings (SSSR count). The molecule has 42 heavy (non-hydrogen) atoms. The largest absolute Gasteiger partial charge is 0.343 e. The molecule has 0 bridgehead atoms. The number of para-hydroxylation sites is 3. The van der Waals surface area contributed by atoms with E-state index in [1.165, 1.54) is 86.2 Å². The number of benzene rings is 6. The minimum absolute atomic E-state index is 1.00. The van der Waals surface area contributed by atoms with Gasteiger partial charge in [0.05, 0.1) is 16.6 Å². The highest BCUT2D eigenvalue weighted by molar-refractivity contribution is 7.26. The van der Waals surface area contributed by atoms with Crippen molar-refractivity contribution in [3.8, 4) is 16.8 Å². The monoisotopic (exact) mass is 556 g/mol. The van der Waals surface area contributed by atoms with E-state index in [9.17, 15) is 0 Å². The summed E-state index contributed by atoms with van der Waals surface area (Å²) in [5.41, 5.74) is 10.2. The first kappa shape index (κ1) is 23.8. The van der Waals surface area contributed by atoms with Crippen LogP contribution in [0.2, 0.25) is 0 Å². The third kappa shape index (κ3) is 3.20. The molecule has 3 aromatic heterocycles. The first-order valence-electron chi connectivity index (χ1n) is 14.7. The molecule has 0 amide bonds. The summed E-state index contributed by atoms with van der Waals surface area (Å²) >= 11 is 1.92. The minimum atomic E-state index is 1.00. The molecule has 3 heterocycles. The van der Waals surface area contributed by atoms with Gasteiger partial charge in [-0.2, -0.15) is 0 Å². The van der Waals surface area contributed by atoms with Crippen LogP contribution in [-0.4, -0.2) is 9.13 Å². The number of fused-ring (bicyclic) bond motifs is 9. The zero-order valence-corrected chi connectivity index (χ0v) is 24.4. The molecule has 200 valence electrons. The number of thiophene rings is 1. The fourth-order valence-electron chi connectivity index (χ4n) is 7.16. The van der Waals surface area contributed by atoms with Crippen LogP contribution in [0.5, 0.6) is 0 Å². The molecule has 0 aliphatic heterocycles. The Balaban J connectivity index is 1.37. The van der Waals surface area contributed by atoms with Crippen LogP contribution in [0.3, 0.4) is 0 Å². The van der Waals surface area contributed by atoms with E-state index in [4.69, 9.17) is 0 Å². The molecular weight excluding hydrogens is 529 g/mol. The van der Waals surface area contributed by atoms with E-state index < -0.39 is 0 Å². The SMILES string of the molecule is CCc1cc(-n2c3ccccc3c3ccc(-c4cccc5c6ccccc6n(C)c45)cc32)cc2c1sc1ccccc12. The maximum atomic E-state index is 2.49. The second-order valence-corrected chi connectivity index (χ2v) is 12.3. The van der Waals surface area contributed by atoms with Gasteiger partial charge in [-0.05, 0) is 53.9 Å². The number of aryl methyl sites for hydroxylation is 2. The molecule has 0 aliphatic rings. The number of hydrogen-bond donors (Lipinski definition) is 0. The van der Waals surface area contributed by atoms with E-state index in [2.05, 4.69) is 144 Å². The van der Waals surface area contributed by atoms with E-state index in [0.717, 1.165) is 6.42 Å². The molecule has 6 aromatic carbocycles. The van der Waals surface area contributed by atoms with Crippen LogP contribution in [0.1, 0.15) is 12.5 Å². The lowest BCUT2D eigenvalue weighted by molar-refractivity contribution is 1.02. The van der Waals surface area contributed by atoms with E-state index in [1.54, 1.807) is 0 Å². The van der Waals surface area contributed by atoms with Gasteiger partial charge in [0.15, 0.2) is 0 Å². The standard InChI is InChI=1S/C39H28N2S/c1-3-24-21-26(23-33-31-13-6-9-18-37(31)42-39(24)33)41-35-17-8-5-11-28(35)30-20-19-25(22-36(30)41)27-14-10-15-32-29-12-4-7-16-34(29)40(2)38(27)32/h4-23H,3H2,1-2H3. The topological polar surface area (TPSA) is 9.86 Å². The Morgan fingerprint density at radius 3 is 2.10 bits per heavy atom. The molecule has 0 atom stereocenters. The molecule has 0 unspecified atom stereocenters. The van der Waals surface area contributed by atoms with Crippen molar-refractivity contribution in [2.24, 2.45) is 7.05 Å². The van der Waals surface area contributed by atoms with Crippen molar-refractivity contribution in [3.63, 3.8) is 0 Å². The van der Waals surface area contributed by atoms with Gasteiger partial charge in [-0.25, -0.2) is 0 Å². The average Bonchev–Trinajstić information content (AvgIpc) is 3.68. The third-order valence-electron chi connectivity index (χ3n) is 9.09. The Labute approximate surface area is 247 Å². The first-order valence-corrected chi connectivity index (χ1v) is 15.5. The molecule has 0 spiro atoms. The lowest BCUT2D eigenvalue weighted by Crippen LogP contribution is -1.96.